The molecule has 0 spiro atoms. The Labute approximate surface area is 123 Å². The lowest BCUT2D eigenvalue weighted by Crippen LogP contribution is -2.29. The van der Waals surface area contributed by atoms with Crippen LogP contribution in [0.2, 0.25) is 5.02 Å². The van der Waals surface area contributed by atoms with E-state index in [1.54, 1.807) is 4.90 Å². The van der Waals surface area contributed by atoms with Crippen LogP contribution in [0, 0.1) is 5.92 Å². The number of carbonyl (C=O) groups is 2. The van der Waals surface area contributed by atoms with Crippen molar-refractivity contribution in [1.29, 1.82) is 0 Å². The van der Waals surface area contributed by atoms with Crippen LogP contribution in [-0.2, 0) is 16.0 Å². The van der Waals surface area contributed by atoms with E-state index < -0.39 is 11.9 Å². The van der Waals surface area contributed by atoms with E-state index in [2.05, 4.69) is 0 Å². The summed E-state index contributed by atoms with van der Waals surface area (Å²) in [4.78, 5) is 24.5. The van der Waals surface area contributed by atoms with Crippen LogP contribution in [0.5, 0.6) is 0 Å². The number of benzene rings is 1. The van der Waals surface area contributed by atoms with E-state index in [-0.39, 0.29) is 5.91 Å². The molecule has 0 radical (unpaired) electrons. The molecular formula is C15H18ClNO3. The summed E-state index contributed by atoms with van der Waals surface area (Å²) in [6.45, 7) is 0.922. The standard InChI is InChI=1S/C15H18ClNO3/c16-13-6-4-11(5-7-13)2-1-3-14(18)17-9-8-12(10-17)15(19)20/h4-7,12H,1-3,8-10H2,(H,19,20). The van der Waals surface area contributed by atoms with Gasteiger partial charge in [-0.2, -0.15) is 0 Å². The van der Waals surface area contributed by atoms with E-state index >= 15 is 0 Å². The van der Waals surface area contributed by atoms with Crippen LogP contribution in [0.4, 0.5) is 0 Å². The molecule has 4 nitrogen and oxygen atoms in total. The first-order valence-electron chi connectivity index (χ1n) is 6.81. The number of hydrogen-bond acceptors (Lipinski definition) is 2. The summed E-state index contributed by atoms with van der Waals surface area (Å²) >= 11 is 5.81. The number of hydrogen-bond donors (Lipinski definition) is 1. The first-order valence-corrected chi connectivity index (χ1v) is 7.19. The molecule has 0 bridgehead atoms. The summed E-state index contributed by atoms with van der Waals surface area (Å²) < 4.78 is 0. The van der Waals surface area contributed by atoms with Gasteiger partial charge in [-0.1, -0.05) is 23.7 Å². The van der Waals surface area contributed by atoms with Crippen molar-refractivity contribution in [2.45, 2.75) is 25.7 Å². The van der Waals surface area contributed by atoms with E-state index in [9.17, 15) is 9.59 Å². The molecule has 1 aromatic carbocycles. The molecule has 20 heavy (non-hydrogen) atoms. The normalized spacial score (nSPS) is 18.2. The SMILES string of the molecule is O=C(O)C1CCN(C(=O)CCCc2ccc(Cl)cc2)C1. The van der Waals surface area contributed by atoms with Crippen LogP contribution in [0.15, 0.2) is 24.3 Å². The molecule has 5 heteroatoms. The molecule has 0 aromatic heterocycles. The zero-order valence-corrected chi connectivity index (χ0v) is 12.0. The van der Waals surface area contributed by atoms with Gasteiger partial charge in [-0.25, -0.2) is 0 Å². The molecule has 1 aliphatic heterocycles. The zero-order chi connectivity index (χ0) is 14.5. The monoisotopic (exact) mass is 295 g/mol. The number of carbonyl (C=O) groups excluding carboxylic acids is 1. The molecule has 1 aliphatic rings. The van der Waals surface area contributed by atoms with Gasteiger partial charge in [-0.15, -0.1) is 0 Å². The molecule has 0 aliphatic carbocycles. The summed E-state index contributed by atoms with van der Waals surface area (Å²) in [6, 6.07) is 7.61. The van der Waals surface area contributed by atoms with Gasteiger partial charge < -0.3 is 10.0 Å². The van der Waals surface area contributed by atoms with Crippen molar-refractivity contribution in [2.75, 3.05) is 13.1 Å². The average Bonchev–Trinajstić information content (AvgIpc) is 2.91. The van der Waals surface area contributed by atoms with E-state index in [1.165, 1.54) is 0 Å². The largest absolute Gasteiger partial charge is 0.481 e. The minimum absolute atomic E-state index is 0.0581. The number of carboxylic acids is 1. The highest BCUT2D eigenvalue weighted by molar-refractivity contribution is 6.30. The highest BCUT2D eigenvalue weighted by Crippen LogP contribution is 2.18. The molecule has 108 valence electrons. The van der Waals surface area contributed by atoms with Gasteiger partial charge in [0.2, 0.25) is 5.91 Å². The maximum Gasteiger partial charge on any atom is 0.308 e. The lowest BCUT2D eigenvalue weighted by Gasteiger charge is -2.15. The Morgan fingerprint density at radius 1 is 1.30 bits per heavy atom. The Morgan fingerprint density at radius 3 is 2.60 bits per heavy atom. The van der Waals surface area contributed by atoms with Crippen molar-refractivity contribution in [2.24, 2.45) is 5.92 Å². The number of amides is 1. The molecule has 1 N–H and O–H groups in total. The number of likely N-dealkylation sites (tertiary alicyclic amines) is 1. The van der Waals surface area contributed by atoms with Crippen molar-refractivity contribution in [3.05, 3.63) is 34.9 Å². The second kappa shape index (κ2) is 6.75. The molecule has 1 fully saturated rings. The fourth-order valence-corrected chi connectivity index (χ4v) is 2.57. The summed E-state index contributed by atoms with van der Waals surface area (Å²) in [5.41, 5.74) is 1.16. The molecule has 1 heterocycles. The lowest BCUT2D eigenvalue weighted by atomic mass is 10.1. The third kappa shape index (κ3) is 3.97. The Kier molecular flexibility index (Phi) is 5.01. The Bertz CT molecular complexity index is 486. The van der Waals surface area contributed by atoms with Gasteiger partial charge in [0.05, 0.1) is 5.92 Å². The Hall–Kier alpha value is -1.55. The molecule has 1 unspecified atom stereocenters. The van der Waals surface area contributed by atoms with Gasteiger partial charge in [0, 0.05) is 24.5 Å². The Morgan fingerprint density at radius 2 is 2.00 bits per heavy atom. The number of aryl methyl sites for hydroxylation is 1. The van der Waals surface area contributed by atoms with Crippen LogP contribution in [0.25, 0.3) is 0 Å². The highest BCUT2D eigenvalue weighted by atomic mass is 35.5. The van der Waals surface area contributed by atoms with E-state index in [1.807, 2.05) is 24.3 Å². The van der Waals surface area contributed by atoms with Crippen molar-refractivity contribution >= 4 is 23.5 Å². The summed E-state index contributed by atoms with van der Waals surface area (Å²) in [5, 5.41) is 9.62. The number of rotatable bonds is 5. The number of nitrogens with zero attached hydrogens (tertiary/aromatic N) is 1. The number of carboxylic acid groups (broad SMARTS) is 1. The summed E-state index contributed by atoms with van der Waals surface area (Å²) in [7, 11) is 0. The minimum Gasteiger partial charge on any atom is -0.481 e. The van der Waals surface area contributed by atoms with Gasteiger partial charge in [0.1, 0.15) is 0 Å². The molecule has 1 atom stereocenters. The first-order chi connectivity index (χ1) is 9.56. The van der Waals surface area contributed by atoms with E-state index in [0.717, 1.165) is 18.4 Å². The maximum absolute atomic E-state index is 12.0. The van der Waals surface area contributed by atoms with Gasteiger partial charge in [-0.3, -0.25) is 9.59 Å². The van der Waals surface area contributed by atoms with Crippen molar-refractivity contribution < 1.29 is 14.7 Å². The topological polar surface area (TPSA) is 57.6 Å². The van der Waals surface area contributed by atoms with Gasteiger partial charge >= 0.3 is 5.97 Å². The number of halogens is 1. The number of aliphatic carboxylic acids is 1. The Balaban J connectivity index is 1.73. The average molecular weight is 296 g/mol. The summed E-state index contributed by atoms with van der Waals surface area (Å²) in [6.07, 6.45) is 2.64. The third-order valence-corrected chi connectivity index (χ3v) is 3.91. The fourth-order valence-electron chi connectivity index (χ4n) is 2.44. The van der Waals surface area contributed by atoms with Crippen molar-refractivity contribution in [3.63, 3.8) is 0 Å². The highest BCUT2D eigenvalue weighted by Gasteiger charge is 2.30. The maximum atomic E-state index is 12.0. The van der Waals surface area contributed by atoms with Gasteiger partial charge in [0.25, 0.3) is 0 Å². The van der Waals surface area contributed by atoms with Gasteiger partial charge in [0.15, 0.2) is 0 Å². The third-order valence-electron chi connectivity index (χ3n) is 3.66. The second-order valence-corrected chi connectivity index (χ2v) is 5.58. The van der Waals surface area contributed by atoms with Crippen LogP contribution in [0.1, 0.15) is 24.8 Å². The lowest BCUT2D eigenvalue weighted by molar-refractivity contribution is -0.141. The second-order valence-electron chi connectivity index (χ2n) is 5.14. The van der Waals surface area contributed by atoms with Crippen LogP contribution >= 0.6 is 11.6 Å². The van der Waals surface area contributed by atoms with E-state index in [0.29, 0.717) is 31.0 Å². The zero-order valence-electron chi connectivity index (χ0n) is 11.2. The van der Waals surface area contributed by atoms with Crippen LogP contribution < -0.4 is 0 Å². The van der Waals surface area contributed by atoms with E-state index in [4.69, 9.17) is 16.7 Å². The minimum atomic E-state index is -0.804. The van der Waals surface area contributed by atoms with Crippen molar-refractivity contribution in [1.82, 2.24) is 4.90 Å². The van der Waals surface area contributed by atoms with Gasteiger partial charge in [-0.05, 0) is 37.0 Å². The molecule has 1 aromatic rings. The van der Waals surface area contributed by atoms with Crippen molar-refractivity contribution in [3.8, 4) is 0 Å². The quantitative estimate of drug-likeness (QED) is 0.908. The first kappa shape index (κ1) is 14.9. The smallest absolute Gasteiger partial charge is 0.308 e. The van der Waals surface area contributed by atoms with Crippen LogP contribution in [-0.4, -0.2) is 35.0 Å². The fraction of sp³-hybridized carbons (Fsp3) is 0.467. The van der Waals surface area contributed by atoms with Crippen LogP contribution in [0.3, 0.4) is 0 Å². The molecule has 1 amide bonds. The molecule has 0 saturated carbocycles. The summed E-state index contributed by atoms with van der Waals surface area (Å²) in [5.74, 6) is -1.14. The predicted octanol–water partition coefficient (Wildman–Crippen LogP) is 2.60. The predicted molar refractivity (Wildman–Crippen MR) is 76.7 cm³/mol. The molecule has 1 saturated heterocycles. The molecule has 2 rings (SSSR count). The molecular weight excluding hydrogens is 278 g/mol.